The van der Waals surface area contributed by atoms with E-state index in [-0.39, 0.29) is 24.2 Å². The lowest BCUT2D eigenvalue weighted by Crippen LogP contribution is -2.22. The summed E-state index contributed by atoms with van der Waals surface area (Å²) in [4.78, 5) is 17.6. The van der Waals surface area contributed by atoms with E-state index in [0.29, 0.717) is 11.3 Å². The van der Waals surface area contributed by atoms with Gasteiger partial charge in [0.05, 0.1) is 30.1 Å². The normalized spacial score (nSPS) is 11.7. The number of rotatable bonds is 6. The predicted molar refractivity (Wildman–Crippen MR) is 118 cm³/mol. The first kappa shape index (κ1) is 20.0. The molecule has 0 saturated carbocycles. The maximum atomic E-state index is 12.9. The van der Waals surface area contributed by atoms with Crippen molar-refractivity contribution >= 4 is 11.4 Å². The maximum absolute atomic E-state index is 12.9. The average molecular weight is 399 g/mol. The van der Waals surface area contributed by atoms with E-state index in [9.17, 15) is 9.90 Å². The first-order valence-electron chi connectivity index (χ1n) is 10.0. The number of aromatic nitrogens is 3. The van der Waals surface area contributed by atoms with Crippen molar-refractivity contribution in [1.29, 1.82) is 0 Å². The lowest BCUT2D eigenvalue weighted by molar-refractivity contribution is 0.0992. The van der Waals surface area contributed by atoms with Gasteiger partial charge in [0, 0.05) is 22.6 Å². The number of carbonyl (C=O) groups excluding carboxylic acids is 1. The van der Waals surface area contributed by atoms with Crippen LogP contribution < -0.4 is 0 Å². The van der Waals surface area contributed by atoms with Gasteiger partial charge < -0.3 is 5.11 Å². The molecule has 0 radical (unpaired) electrons. The first-order chi connectivity index (χ1) is 14.4. The number of Topliss-reactive ketones (excluding diaryl/α,β-unsaturated/α-hetero) is 1. The SMILES string of the molecule is Cc1cc2nc(CC(=O)c3ccc(C(C)(C)CO)cc3)cc(-c3ccccc3)n2n1. The molecule has 0 amide bonds. The van der Waals surface area contributed by atoms with Gasteiger partial charge in [-0.05, 0) is 18.6 Å². The van der Waals surface area contributed by atoms with Gasteiger partial charge in [0.15, 0.2) is 11.4 Å². The van der Waals surface area contributed by atoms with Crippen LogP contribution in [0.15, 0.2) is 66.7 Å². The van der Waals surface area contributed by atoms with E-state index in [4.69, 9.17) is 0 Å². The van der Waals surface area contributed by atoms with E-state index in [0.717, 1.165) is 28.2 Å². The molecule has 0 aliphatic rings. The third-order valence-electron chi connectivity index (χ3n) is 5.40. The Morgan fingerprint density at radius 3 is 2.40 bits per heavy atom. The van der Waals surface area contributed by atoms with Crippen molar-refractivity contribution in [1.82, 2.24) is 14.6 Å². The summed E-state index contributed by atoms with van der Waals surface area (Å²) in [5.41, 5.74) is 5.57. The fourth-order valence-corrected chi connectivity index (χ4v) is 3.51. The largest absolute Gasteiger partial charge is 0.395 e. The molecule has 0 spiro atoms. The molecule has 2 aromatic heterocycles. The van der Waals surface area contributed by atoms with Crippen molar-refractivity contribution in [2.75, 3.05) is 6.61 Å². The van der Waals surface area contributed by atoms with Crippen LogP contribution in [0.25, 0.3) is 16.9 Å². The summed E-state index contributed by atoms with van der Waals surface area (Å²) in [6, 6.07) is 21.3. The molecule has 0 aliphatic carbocycles. The molecule has 4 aromatic rings. The Hall–Kier alpha value is -3.31. The Bertz CT molecular complexity index is 1190. The van der Waals surface area contributed by atoms with Crippen LogP contribution in [0.2, 0.25) is 0 Å². The number of benzene rings is 2. The van der Waals surface area contributed by atoms with Crippen LogP contribution in [0.4, 0.5) is 0 Å². The molecule has 4 rings (SSSR count). The third-order valence-corrected chi connectivity index (χ3v) is 5.40. The number of ketones is 1. The number of nitrogens with zero attached hydrogens (tertiary/aromatic N) is 3. The van der Waals surface area contributed by atoms with E-state index in [1.54, 1.807) is 0 Å². The zero-order valence-corrected chi connectivity index (χ0v) is 17.5. The summed E-state index contributed by atoms with van der Waals surface area (Å²) in [6.45, 7) is 5.93. The molecule has 30 heavy (non-hydrogen) atoms. The van der Waals surface area contributed by atoms with E-state index in [1.807, 2.05) is 92.0 Å². The van der Waals surface area contributed by atoms with Gasteiger partial charge in [-0.3, -0.25) is 4.79 Å². The lowest BCUT2D eigenvalue weighted by atomic mass is 9.85. The second-order valence-electron chi connectivity index (χ2n) is 8.27. The molecule has 5 heteroatoms. The van der Waals surface area contributed by atoms with Gasteiger partial charge in [-0.25, -0.2) is 9.50 Å². The molecule has 152 valence electrons. The topological polar surface area (TPSA) is 67.5 Å². The van der Waals surface area contributed by atoms with Gasteiger partial charge in [-0.15, -0.1) is 0 Å². The number of fused-ring (bicyclic) bond motifs is 1. The number of hydrogen-bond donors (Lipinski definition) is 1. The van der Waals surface area contributed by atoms with E-state index >= 15 is 0 Å². The lowest BCUT2D eigenvalue weighted by Gasteiger charge is -2.22. The van der Waals surface area contributed by atoms with E-state index < -0.39 is 0 Å². The Kier molecular flexibility index (Phi) is 5.22. The Morgan fingerprint density at radius 1 is 1.03 bits per heavy atom. The maximum Gasteiger partial charge on any atom is 0.168 e. The van der Waals surface area contributed by atoms with Crippen LogP contribution in [0.5, 0.6) is 0 Å². The summed E-state index contributed by atoms with van der Waals surface area (Å²) < 4.78 is 1.82. The van der Waals surface area contributed by atoms with Crippen molar-refractivity contribution in [2.24, 2.45) is 0 Å². The van der Waals surface area contributed by atoms with Gasteiger partial charge >= 0.3 is 0 Å². The predicted octanol–water partition coefficient (Wildman–Crippen LogP) is 4.40. The van der Waals surface area contributed by atoms with Gasteiger partial charge in [-0.2, -0.15) is 5.10 Å². The molecule has 2 heterocycles. The van der Waals surface area contributed by atoms with Gasteiger partial charge in [0.2, 0.25) is 0 Å². The monoisotopic (exact) mass is 399 g/mol. The molecule has 0 atom stereocenters. The van der Waals surface area contributed by atoms with Crippen molar-refractivity contribution in [3.8, 4) is 11.3 Å². The Labute approximate surface area is 176 Å². The molecular formula is C25H25N3O2. The highest BCUT2D eigenvalue weighted by Crippen LogP contribution is 2.24. The van der Waals surface area contributed by atoms with Gasteiger partial charge in [0.1, 0.15) is 0 Å². The van der Waals surface area contributed by atoms with Crippen LogP contribution in [0.1, 0.15) is 41.2 Å². The van der Waals surface area contributed by atoms with Crippen molar-refractivity contribution in [2.45, 2.75) is 32.6 Å². The van der Waals surface area contributed by atoms with Crippen LogP contribution in [0, 0.1) is 6.92 Å². The minimum atomic E-state index is -0.335. The minimum absolute atomic E-state index is 0.00968. The second kappa shape index (κ2) is 7.84. The molecule has 0 unspecified atom stereocenters. The van der Waals surface area contributed by atoms with Crippen LogP contribution in [-0.2, 0) is 11.8 Å². The van der Waals surface area contributed by atoms with E-state index in [2.05, 4.69) is 10.1 Å². The Morgan fingerprint density at radius 2 is 1.73 bits per heavy atom. The summed E-state index contributed by atoms with van der Waals surface area (Å²) >= 11 is 0. The Balaban J connectivity index is 1.66. The number of aliphatic hydroxyl groups is 1. The first-order valence-corrected chi connectivity index (χ1v) is 10.0. The second-order valence-corrected chi connectivity index (χ2v) is 8.27. The molecule has 0 saturated heterocycles. The molecule has 5 nitrogen and oxygen atoms in total. The summed E-state index contributed by atoms with van der Waals surface area (Å²) in [5.74, 6) is 0.00968. The van der Waals surface area contributed by atoms with E-state index in [1.165, 1.54) is 0 Å². The smallest absolute Gasteiger partial charge is 0.168 e. The summed E-state index contributed by atoms with van der Waals surface area (Å²) in [7, 11) is 0. The molecule has 2 aromatic carbocycles. The van der Waals surface area contributed by atoms with Gasteiger partial charge in [0.25, 0.3) is 0 Å². The van der Waals surface area contributed by atoms with Crippen molar-refractivity contribution in [3.05, 3.63) is 89.2 Å². The van der Waals surface area contributed by atoms with Gasteiger partial charge in [-0.1, -0.05) is 68.4 Å². The number of aryl methyl sites for hydroxylation is 1. The minimum Gasteiger partial charge on any atom is -0.395 e. The quantitative estimate of drug-likeness (QED) is 0.488. The highest BCUT2D eigenvalue weighted by atomic mass is 16.3. The van der Waals surface area contributed by atoms with Crippen molar-refractivity contribution in [3.63, 3.8) is 0 Å². The summed E-state index contributed by atoms with van der Waals surface area (Å²) in [6.07, 6.45) is 0.212. The molecular weight excluding hydrogens is 374 g/mol. The molecule has 0 bridgehead atoms. The zero-order valence-electron chi connectivity index (χ0n) is 17.5. The number of carbonyl (C=O) groups is 1. The van der Waals surface area contributed by atoms with Crippen LogP contribution in [-0.4, -0.2) is 32.1 Å². The third kappa shape index (κ3) is 3.89. The number of hydrogen-bond acceptors (Lipinski definition) is 4. The molecule has 1 N–H and O–H groups in total. The summed E-state index contributed by atoms with van der Waals surface area (Å²) in [5, 5.41) is 14.1. The number of aliphatic hydroxyl groups excluding tert-OH is 1. The highest BCUT2D eigenvalue weighted by molar-refractivity contribution is 5.97. The molecule has 0 aliphatic heterocycles. The fourth-order valence-electron chi connectivity index (χ4n) is 3.51. The fraction of sp³-hybridized carbons (Fsp3) is 0.240. The average Bonchev–Trinajstić information content (AvgIpc) is 3.14. The van der Waals surface area contributed by atoms with Crippen molar-refractivity contribution < 1.29 is 9.90 Å². The van der Waals surface area contributed by atoms with Crippen LogP contribution >= 0.6 is 0 Å². The highest BCUT2D eigenvalue weighted by Gasteiger charge is 2.20. The van der Waals surface area contributed by atoms with Crippen LogP contribution in [0.3, 0.4) is 0 Å². The standard InChI is InChI=1S/C25H25N3O2/c1-17-13-24-26-21(14-22(28(24)27-17)18-7-5-4-6-8-18)15-23(30)19-9-11-20(12-10-19)25(2,3)16-29/h4-14,29H,15-16H2,1-3H3. The zero-order chi connectivity index (χ0) is 21.3. The molecule has 0 fully saturated rings.